The van der Waals surface area contributed by atoms with Gasteiger partial charge in [-0.2, -0.15) is 0 Å². The normalized spacial score (nSPS) is 29.1. The molecule has 0 bridgehead atoms. The van der Waals surface area contributed by atoms with Gasteiger partial charge in [0.25, 0.3) is 0 Å². The Labute approximate surface area is 79.8 Å². The van der Waals surface area contributed by atoms with Crippen LogP contribution in [0.25, 0.3) is 0 Å². The van der Waals surface area contributed by atoms with E-state index in [0.29, 0.717) is 6.42 Å². The van der Waals surface area contributed by atoms with Gasteiger partial charge < -0.3 is 10.1 Å². The summed E-state index contributed by atoms with van der Waals surface area (Å²) in [6.07, 6.45) is 1.54. The first-order chi connectivity index (χ1) is 5.87. The molecule has 76 valence electrons. The van der Waals surface area contributed by atoms with E-state index in [4.69, 9.17) is 4.74 Å². The second-order valence-corrected chi connectivity index (χ2v) is 4.90. The van der Waals surface area contributed by atoms with E-state index < -0.39 is 0 Å². The Balaban J connectivity index is 2.57. The predicted octanol–water partition coefficient (Wildman–Crippen LogP) is 1.33. The van der Waals surface area contributed by atoms with Crippen LogP contribution in [0.15, 0.2) is 0 Å². The number of rotatable bonds is 3. The van der Waals surface area contributed by atoms with E-state index in [1.807, 2.05) is 0 Å². The fourth-order valence-corrected chi connectivity index (χ4v) is 2.05. The SMILES string of the molecule is COC(C)(C)CC1(C)CNC(=O)C1. The molecule has 3 heteroatoms. The third kappa shape index (κ3) is 2.69. The highest BCUT2D eigenvalue weighted by atomic mass is 16.5. The zero-order valence-corrected chi connectivity index (χ0v) is 8.94. The van der Waals surface area contributed by atoms with Crippen LogP contribution in [-0.2, 0) is 9.53 Å². The Morgan fingerprint density at radius 1 is 1.62 bits per heavy atom. The Kier molecular flexibility index (Phi) is 2.66. The molecule has 3 nitrogen and oxygen atoms in total. The van der Waals surface area contributed by atoms with Gasteiger partial charge in [0.2, 0.25) is 5.91 Å². The van der Waals surface area contributed by atoms with Crippen molar-refractivity contribution in [3.63, 3.8) is 0 Å². The second kappa shape index (κ2) is 3.29. The second-order valence-electron chi connectivity index (χ2n) is 4.90. The summed E-state index contributed by atoms with van der Waals surface area (Å²) in [5, 5.41) is 2.86. The van der Waals surface area contributed by atoms with Gasteiger partial charge in [0.05, 0.1) is 5.60 Å². The lowest BCUT2D eigenvalue weighted by molar-refractivity contribution is -0.119. The maximum absolute atomic E-state index is 11.1. The molecule has 1 saturated heterocycles. The highest BCUT2D eigenvalue weighted by molar-refractivity contribution is 5.79. The molecule has 1 atom stereocenters. The predicted molar refractivity (Wildman–Crippen MR) is 51.4 cm³/mol. The van der Waals surface area contributed by atoms with E-state index in [1.54, 1.807) is 7.11 Å². The Hall–Kier alpha value is -0.570. The van der Waals surface area contributed by atoms with Crippen LogP contribution in [0, 0.1) is 5.41 Å². The lowest BCUT2D eigenvalue weighted by Crippen LogP contribution is -2.33. The van der Waals surface area contributed by atoms with Crippen molar-refractivity contribution in [3.05, 3.63) is 0 Å². The van der Waals surface area contributed by atoms with Gasteiger partial charge in [0.15, 0.2) is 0 Å². The van der Waals surface area contributed by atoms with Crippen molar-refractivity contribution in [1.29, 1.82) is 0 Å². The van der Waals surface area contributed by atoms with Gasteiger partial charge in [-0.15, -0.1) is 0 Å². The quantitative estimate of drug-likeness (QED) is 0.720. The van der Waals surface area contributed by atoms with Gasteiger partial charge in [-0.05, 0) is 25.7 Å². The molecule has 0 spiro atoms. The zero-order chi connectivity index (χ0) is 10.1. The standard InChI is InChI=1S/C10H19NO2/c1-9(2,13-4)6-10(3)5-8(12)11-7-10/h5-7H2,1-4H3,(H,11,12). The molecule has 0 aliphatic carbocycles. The van der Waals surface area contributed by atoms with Gasteiger partial charge in [0, 0.05) is 20.1 Å². The van der Waals surface area contributed by atoms with E-state index in [2.05, 4.69) is 26.1 Å². The number of carbonyl (C=O) groups excluding carboxylic acids is 1. The van der Waals surface area contributed by atoms with Crippen LogP contribution >= 0.6 is 0 Å². The van der Waals surface area contributed by atoms with Crippen molar-refractivity contribution < 1.29 is 9.53 Å². The number of hydrogen-bond donors (Lipinski definition) is 1. The number of carbonyl (C=O) groups is 1. The van der Waals surface area contributed by atoms with Crippen LogP contribution in [0.3, 0.4) is 0 Å². The number of nitrogens with one attached hydrogen (secondary N) is 1. The van der Waals surface area contributed by atoms with Gasteiger partial charge in [-0.25, -0.2) is 0 Å². The summed E-state index contributed by atoms with van der Waals surface area (Å²) >= 11 is 0. The number of amides is 1. The molecule has 1 amide bonds. The van der Waals surface area contributed by atoms with E-state index in [1.165, 1.54) is 0 Å². The van der Waals surface area contributed by atoms with Crippen molar-refractivity contribution in [3.8, 4) is 0 Å². The van der Waals surface area contributed by atoms with E-state index in [9.17, 15) is 4.79 Å². The summed E-state index contributed by atoms with van der Waals surface area (Å²) in [6, 6.07) is 0. The van der Waals surface area contributed by atoms with Crippen LogP contribution in [0.2, 0.25) is 0 Å². The first-order valence-electron chi connectivity index (χ1n) is 4.69. The topological polar surface area (TPSA) is 38.3 Å². The first kappa shape index (κ1) is 10.5. The van der Waals surface area contributed by atoms with Crippen molar-refractivity contribution >= 4 is 5.91 Å². The van der Waals surface area contributed by atoms with Crippen molar-refractivity contribution in [2.45, 2.75) is 39.2 Å². The summed E-state index contributed by atoms with van der Waals surface area (Å²) in [5.41, 5.74) is -0.0718. The van der Waals surface area contributed by atoms with Crippen LogP contribution in [0.5, 0.6) is 0 Å². The highest BCUT2D eigenvalue weighted by Crippen LogP contribution is 2.35. The molecule has 13 heavy (non-hydrogen) atoms. The molecular weight excluding hydrogens is 166 g/mol. The molecule has 1 N–H and O–H groups in total. The Bertz CT molecular complexity index is 213. The fraction of sp³-hybridized carbons (Fsp3) is 0.900. The Morgan fingerprint density at radius 2 is 2.23 bits per heavy atom. The van der Waals surface area contributed by atoms with Crippen molar-refractivity contribution in [1.82, 2.24) is 5.32 Å². The number of ether oxygens (including phenoxy) is 1. The first-order valence-corrected chi connectivity index (χ1v) is 4.69. The minimum Gasteiger partial charge on any atom is -0.379 e. The van der Waals surface area contributed by atoms with E-state index in [-0.39, 0.29) is 16.9 Å². The minimum atomic E-state index is -0.138. The molecule has 0 aromatic rings. The summed E-state index contributed by atoms with van der Waals surface area (Å²) < 4.78 is 5.36. The molecule has 0 aromatic heterocycles. The summed E-state index contributed by atoms with van der Waals surface area (Å²) in [4.78, 5) is 11.1. The third-order valence-corrected chi connectivity index (χ3v) is 2.70. The molecule has 1 fully saturated rings. The smallest absolute Gasteiger partial charge is 0.220 e. The van der Waals surface area contributed by atoms with Crippen LogP contribution in [0.4, 0.5) is 0 Å². The van der Waals surface area contributed by atoms with Crippen molar-refractivity contribution in [2.24, 2.45) is 5.41 Å². The third-order valence-electron chi connectivity index (χ3n) is 2.70. The average Bonchev–Trinajstić information content (AvgIpc) is 2.30. The van der Waals surface area contributed by atoms with Gasteiger partial charge in [0.1, 0.15) is 0 Å². The zero-order valence-electron chi connectivity index (χ0n) is 8.94. The highest BCUT2D eigenvalue weighted by Gasteiger charge is 2.38. The fourth-order valence-electron chi connectivity index (χ4n) is 2.05. The summed E-state index contributed by atoms with van der Waals surface area (Å²) in [6.45, 7) is 7.02. The molecule has 1 heterocycles. The molecule has 0 saturated carbocycles. The Morgan fingerprint density at radius 3 is 2.62 bits per heavy atom. The summed E-state index contributed by atoms with van der Waals surface area (Å²) in [7, 11) is 1.72. The number of hydrogen-bond acceptors (Lipinski definition) is 2. The lowest BCUT2D eigenvalue weighted by atomic mass is 9.79. The molecule has 1 unspecified atom stereocenters. The van der Waals surface area contributed by atoms with Gasteiger partial charge in [-0.3, -0.25) is 4.79 Å². The maximum atomic E-state index is 11.1. The molecule has 0 radical (unpaired) electrons. The van der Waals surface area contributed by atoms with Crippen LogP contribution < -0.4 is 5.32 Å². The molecular formula is C10H19NO2. The van der Waals surface area contributed by atoms with Crippen molar-refractivity contribution in [2.75, 3.05) is 13.7 Å². The minimum absolute atomic E-state index is 0.0661. The van der Waals surface area contributed by atoms with Gasteiger partial charge in [-0.1, -0.05) is 6.92 Å². The van der Waals surface area contributed by atoms with E-state index in [0.717, 1.165) is 13.0 Å². The monoisotopic (exact) mass is 185 g/mol. The lowest BCUT2D eigenvalue weighted by Gasteiger charge is -2.32. The number of methoxy groups -OCH3 is 1. The molecule has 1 rings (SSSR count). The summed E-state index contributed by atoms with van der Waals surface area (Å²) in [5.74, 6) is 0.161. The molecule has 0 aromatic carbocycles. The molecule has 1 aliphatic heterocycles. The van der Waals surface area contributed by atoms with Gasteiger partial charge >= 0.3 is 0 Å². The van der Waals surface area contributed by atoms with E-state index >= 15 is 0 Å². The largest absolute Gasteiger partial charge is 0.379 e. The van der Waals surface area contributed by atoms with Crippen LogP contribution in [0.1, 0.15) is 33.6 Å². The average molecular weight is 185 g/mol. The molecule has 1 aliphatic rings. The maximum Gasteiger partial charge on any atom is 0.220 e. The van der Waals surface area contributed by atoms with Crippen LogP contribution in [-0.4, -0.2) is 25.2 Å².